The van der Waals surface area contributed by atoms with Gasteiger partial charge in [0.25, 0.3) is 11.5 Å². The molecule has 4 aromatic rings. The van der Waals surface area contributed by atoms with Gasteiger partial charge in [-0.1, -0.05) is 55.5 Å². The van der Waals surface area contributed by atoms with E-state index >= 15 is 0 Å². The molecule has 0 saturated heterocycles. The summed E-state index contributed by atoms with van der Waals surface area (Å²) in [5.74, 6) is -0.984. The number of halogens is 7. The highest BCUT2D eigenvalue weighted by molar-refractivity contribution is 6.31. The van der Waals surface area contributed by atoms with Crippen LogP contribution in [-0.2, 0) is 12.4 Å². The van der Waals surface area contributed by atoms with E-state index in [0.717, 1.165) is 18.4 Å². The molecule has 0 N–H and O–H groups in total. The van der Waals surface area contributed by atoms with Crippen molar-refractivity contribution >= 4 is 28.4 Å². The van der Waals surface area contributed by atoms with Crippen LogP contribution in [0.5, 0.6) is 0 Å². The van der Waals surface area contributed by atoms with Gasteiger partial charge in [0.2, 0.25) is 0 Å². The van der Waals surface area contributed by atoms with Crippen LogP contribution < -0.4 is 5.56 Å². The fraction of sp³-hybridized carbons (Fsp3) is 0.344. The zero-order chi connectivity index (χ0) is 32.4. The molecule has 0 aliphatic carbocycles. The van der Waals surface area contributed by atoms with Crippen LogP contribution in [0.25, 0.3) is 16.6 Å². The molecule has 44 heavy (non-hydrogen) atoms. The van der Waals surface area contributed by atoms with E-state index in [1.165, 1.54) is 27.7 Å². The van der Waals surface area contributed by atoms with Gasteiger partial charge in [-0.05, 0) is 68.8 Å². The van der Waals surface area contributed by atoms with Gasteiger partial charge < -0.3 is 4.90 Å². The van der Waals surface area contributed by atoms with Crippen molar-refractivity contribution in [2.45, 2.75) is 64.8 Å². The number of benzene rings is 3. The Balaban J connectivity index is 1.93. The van der Waals surface area contributed by atoms with Gasteiger partial charge in [0, 0.05) is 17.1 Å². The van der Waals surface area contributed by atoms with Crippen molar-refractivity contribution in [2.24, 2.45) is 0 Å². The quantitative estimate of drug-likeness (QED) is 0.136. The molecule has 234 valence electrons. The van der Waals surface area contributed by atoms with Crippen molar-refractivity contribution in [3.05, 3.63) is 104 Å². The molecule has 0 fully saturated rings. The molecule has 1 atom stereocenters. The minimum atomic E-state index is -5.13. The number of amides is 1. The normalized spacial score (nSPS) is 12.9. The molecule has 0 radical (unpaired) electrons. The lowest BCUT2D eigenvalue weighted by Crippen LogP contribution is -2.38. The summed E-state index contributed by atoms with van der Waals surface area (Å²) in [6, 6.07) is 11.2. The third-order valence-corrected chi connectivity index (χ3v) is 7.57. The van der Waals surface area contributed by atoms with E-state index in [-0.39, 0.29) is 29.3 Å². The predicted molar refractivity (Wildman–Crippen MR) is 157 cm³/mol. The van der Waals surface area contributed by atoms with E-state index < -0.39 is 46.6 Å². The summed E-state index contributed by atoms with van der Waals surface area (Å²) in [5, 5.41) is 0.534. The Hall–Kier alpha value is -3.86. The van der Waals surface area contributed by atoms with Crippen LogP contribution in [0, 0.1) is 6.92 Å². The van der Waals surface area contributed by atoms with Crippen molar-refractivity contribution in [3.63, 3.8) is 0 Å². The largest absolute Gasteiger partial charge is 0.416 e. The Morgan fingerprint density at radius 1 is 0.909 bits per heavy atom. The van der Waals surface area contributed by atoms with Gasteiger partial charge in [-0.3, -0.25) is 14.2 Å². The summed E-state index contributed by atoms with van der Waals surface area (Å²) in [7, 11) is 0. The maximum absolute atomic E-state index is 13.9. The first-order valence-corrected chi connectivity index (χ1v) is 14.4. The zero-order valence-corrected chi connectivity index (χ0v) is 24.9. The molecule has 5 nitrogen and oxygen atoms in total. The van der Waals surface area contributed by atoms with Crippen molar-refractivity contribution < 1.29 is 31.1 Å². The number of aryl methyl sites for hydroxylation is 1. The van der Waals surface area contributed by atoms with E-state index in [9.17, 15) is 35.9 Å². The van der Waals surface area contributed by atoms with Crippen molar-refractivity contribution in [3.8, 4) is 5.69 Å². The van der Waals surface area contributed by atoms with Gasteiger partial charge in [-0.25, -0.2) is 4.98 Å². The lowest BCUT2D eigenvalue weighted by molar-refractivity contribution is -0.143. The van der Waals surface area contributed by atoms with Crippen LogP contribution in [0.1, 0.15) is 78.4 Å². The number of alkyl halides is 6. The Labute approximate surface area is 255 Å². The minimum Gasteiger partial charge on any atom is -0.329 e. The van der Waals surface area contributed by atoms with Crippen molar-refractivity contribution in [1.29, 1.82) is 0 Å². The zero-order valence-electron chi connectivity index (χ0n) is 24.2. The summed E-state index contributed by atoms with van der Waals surface area (Å²) in [6.45, 7) is 5.36. The maximum Gasteiger partial charge on any atom is 0.416 e. The van der Waals surface area contributed by atoms with E-state index in [1.807, 2.05) is 13.8 Å². The molecular formula is C32H30ClF6N3O2. The number of hydrogen-bond donors (Lipinski definition) is 0. The molecular weight excluding hydrogens is 608 g/mol. The summed E-state index contributed by atoms with van der Waals surface area (Å²) in [5.41, 5.74) is -2.88. The smallest absolute Gasteiger partial charge is 0.329 e. The number of nitrogens with zero attached hydrogens (tertiary/aromatic N) is 3. The highest BCUT2D eigenvalue weighted by Gasteiger charge is 2.38. The van der Waals surface area contributed by atoms with Crippen molar-refractivity contribution in [1.82, 2.24) is 14.5 Å². The van der Waals surface area contributed by atoms with Gasteiger partial charge in [-0.15, -0.1) is 0 Å². The van der Waals surface area contributed by atoms with Gasteiger partial charge in [0.05, 0.1) is 33.8 Å². The predicted octanol–water partition coefficient (Wildman–Crippen LogP) is 9.17. The summed E-state index contributed by atoms with van der Waals surface area (Å²) >= 11 is 6.17. The second-order valence-electron chi connectivity index (χ2n) is 10.6. The Morgan fingerprint density at radius 3 is 2.09 bits per heavy atom. The molecule has 0 aliphatic heterocycles. The molecule has 0 spiro atoms. The molecule has 1 unspecified atom stereocenters. The number of unbranched alkanes of at least 4 members (excludes halogenated alkanes) is 3. The van der Waals surface area contributed by atoms with E-state index in [1.54, 1.807) is 31.2 Å². The number of carbonyl (C=O) groups is 1. The van der Waals surface area contributed by atoms with Crippen LogP contribution in [0.4, 0.5) is 26.3 Å². The third-order valence-electron chi connectivity index (χ3n) is 7.34. The third kappa shape index (κ3) is 7.26. The maximum atomic E-state index is 13.9. The lowest BCUT2D eigenvalue weighted by atomic mass is 10.0. The topological polar surface area (TPSA) is 55.2 Å². The van der Waals surface area contributed by atoms with Crippen LogP contribution in [-0.4, -0.2) is 26.9 Å². The lowest BCUT2D eigenvalue weighted by Gasteiger charge is -2.31. The Bertz CT molecular complexity index is 1680. The average Bonchev–Trinajstić information content (AvgIpc) is 2.96. The SMILES string of the molecule is CCCCCCN(C(=O)c1cc(C(F)(F)F)cc(C(F)(F)F)c1)C(C)c1nc2cc(Cl)ccc2c(=O)n1-c1ccc(C)cc1. The Kier molecular flexibility index (Phi) is 9.77. The van der Waals surface area contributed by atoms with Crippen LogP contribution in [0.2, 0.25) is 5.02 Å². The Morgan fingerprint density at radius 2 is 1.52 bits per heavy atom. The van der Waals surface area contributed by atoms with Gasteiger partial charge in [-0.2, -0.15) is 26.3 Å². The van der Waals surface area contributed by atoms with E-state index in [0.29, 0.717) is 35.7 Å². The second-order valence-corrected chi connectivity index (χ2v) is 11.1. The fourth-order valence-corrected chi connectivity index (χ4v) is 5.13. The van der Waals surface area contributed by atoms with E-state index in [4.69, 9.17) is 11.6 Å². The molecule has 0 bridgehead atoms. The molecule has 1 amide bonds. The van der Waals surface area contributed by atoms with Crippen molar-refractivity contribution in [2.75, 3.05) is 6.54 Å². The van der Waals surface area contributed by atoms with E-state index in [2.05, 4.69) is 4.98 Å². The first kappa shape index (κ1) is 33.0. The number of carbonyl (C=O) groups excluding carboxylic acids is 1. The number of hydrogen-bond acceptors (Lipinski definition) is 3. The van der Waals surface area contributed by atoms with Gasteiger partial charge in [0.1, 0.15) is 5.82 Å². The van der Waals surface area contributed by atoms with Crippen LogP contribution in [0.15, 0.2) is 65.5 Å². The summed E-state index contributed by atoms with van der Waals surface area (Å²) < 4.78 is 83.2. The number of aromatic nitrogens is 2. The minimum absolute atomic E-state index is 0.00501. The molecule has 1 aromatic heterocycles. The second kappa shape index (κ2) is 13.0. The molecule has 1 heterocycles. The first-order valence-electron chi connectivity index (χ1n) is 14.0. The number of rotatable bonds is 9. The van der Waals surface area contributed by atoms with Gasteiger partial charge in [0.15, 0.2) is 0 Å². The van der Waals surface area contributed by atoms with Crippen LogP contribution >= 0.6 is 11.6 Å². The molecule has 4 rings (SSSR count). The van der Waals surface area contributed by atoms with Gasteiger partial charge >= 0.3 is 12.4 Å². The fourth-order valence-electron chi connectivity index (χ4n) is 4.96. The number of fused-ring (bicyclic) bond motifs is 1. The molecule has 12 heteroatoms. The highest BCUT2D eigenvalue weighted by Crippen LogP contribution is 2.37. The first-order chi connectivity index (χ1) is 20.6. The van der Waals surface area contributed by atoms with Crippen LogP contribution in [0.3, 0.4) is 0 Å². The summed E-state index contributed by atoms with van der Waals surface area (Å²) in [4.78, 5) is 33.6. The highest BCUT2D eigenvalue weighted by atomic mass is 35.5. The summed E-state index contributed by atoms with van der Waals surface area (Å²) in [6.07, 6.45) is -7.51. The average molecular weight is 638 g/mol. The standard InChI is InChI=1S/C32H30ClF6N3O2/c1-4-5-6-7-14-41(29(43)21-15-22(31(34,35)36)17-23(16-21)32(37,38)39)20(3)28-40-27-18-24(33)10-13-26(27)30(44)42(28)25-11-8-19(2)9-12-25/h8-13,15-18,20H,4-7,14H2,1-3H3. The monoisotopic (exact) mass is 637 g/mol. The molecule has 3 aromatic carbocycles. The molecule has 0 aliphatic rings. The molecule has 0 saturated carbocycles.